The van der Waals surface area contributed by atoms with Crippen LogP contribution >= 0.6 is 0 Å². The van der Waals surface area contributed by atoms with Crippen molar-refractivity contribution in [2.75, 3.05) is 32.8 Å². The summed E-state index contributed by atoms with van der Waals surface area (Å²) in [5.74, 6) is 0. The molecule has 0 spiro atoms. The average Bonchev–Trinajstić information content (AvgIpc) is 2.79. The molecule has 1 aliphatic rings. The molecule has 17 heavy (non-hydrogen) atoms. The zero-order chi connectivity index (χ0) is 12.3. The molecule has 5 heteroatoms. The lowest BCUT2D eigenvalue weighted by Gasteiger charge is -2.30. The van der Waals surface area contributed by atoms with E-state index in [0.717, 1.165) is 38.5 Å². The summed E-state index contributed by atoms with van der Waals surface area (Å²) in [5.41, 5.74) is 7.04. The maximum absolute atomic E-state index is 5.94. The summed E-state index contributed by atoms with van der Waals surface area (Å²) >= 11 is 0. The molecule has 2 N–H and O–H groups in total. The van der Waals surface area contributed by atoms with Crippen LogP contribution in [0.2, 0.25) is 0 Å². The van der Waals surface area contributed by atoms with Gasteiger partial charge in [0.05, 0.1) is 25.2 Å². The van der Waals surface area contributed by atoms with Gasteiger partial charge in [-0.1, -0.05) is 0 Å². The first-order valence-corrected chi connectivity index (χ1v) is 6.26. The lowest BCUT2D eigenvalue weighted by Crippen LogP contribution is -2.39. The second-order valence-electron chi connectivity index (χ2n) is 4.78. The summed E-state index contributed by atoms with van der Waals surface area (Å²) in [4.78, 5) is 6.63. The molecule has 1 aromatic heterocycles. The lowest BCUT2D eigenvalue weighted by molar-refractivity contribution is 0.0324. The molecular formula is C12H22N4O. The molecule has 2 heterocycles. The minimum Gasteiger partial charge on any atom is -0.379 e. The number of hydrogen-bond acceptors (Lipinski definition) is 4. The molecule has 1 aliphatic heterocycles. The number of aromatic nitrogens is 2. The maximum Gasteiger partial charge on any atom is 0.0951 e. The third kappa shape index (κ3) is 3.06. The van der Waals surface area contributed by atoms with Crippen LogP contribution in [0, 0.1) is 0 Å². The average molecular weight is 238 g/mol. The van der Waals surface area contributed by atoms with Crippen molar-refractivity contribution in [3.8, 4) is 0 Å². The zero-order valence-electron chi connectivity index (χ0n) is 10.7. The van der Waals surface area contributed by atoms with E-state index in [0.29, 0.717) is 6.04 Å². The zero-order valence-corrected chi connectivity index (χ0v) is 10.7. The van der Waals surface area contributed by atoms with Gasteiger partial charge in [0.15, 0.2) is 0 Å². The summed E-state index contributed by atoms with van der Waals surface area (Å²) in [6, 6.07) is 0.432. The third-order valence-corrected chi connectivity index (χ3v) is 3.26. The predicted octanol–water partition coefficient (Wildman–Crippen LogP) is 0.796. The van der Waals surface area contributed by atoms with E-state index in [-0.39, 0.29) is 6.04 Å². The summed E-state index contributed by atoms with van der Waals surface area (Å²) < 4.78 is 7.53. The van der Waals surface area contributed by atoms with E-state index in [4.69, 9.17) is 10.5 Å². The smallest absolute Gasteiger partial charge is 0.0951 e. The van der Waals surface area contributed by atoms with E-state index in [2.05, 4.69) is 21.4 Å². The molecule has 2 atom stereocenters. The Labute approximate surface area is 103 Å². The van der Waals surface area contributed by atoms with Crippen LogP contribution in [0.15, 0.2) is 12.5 Å². The van der Waals surface area contributed by atoms with Crippen molar-refractivity contribution in [3.05, 3.63) is 18.2 Å². The lowest BCUT2D eigenvalue weighted by atomic mass is 10.2. The topological polar surface area (TPSA) is 56.3 Å². The molecule has 0 bridgehead atoms. The van der Waals surface area contributed by atoms with Crippen LogP contribution in [0.25, 0.3) is 0 Å². The van der Waals surface area contributed by atoms with Gasteiger partial charge in [-0.15, -0.1) is 0 Å². The minimum atomic E-state index is 0.0321. The second kappa shape index (κ2) is 5.62. The Morgan fingerprint density at radius 3 is 2.76 bits per heavy atom. The first-order chi connectivity index (χ1) is 8.18. The van der Waals surface area contributed by atoms with Gasteiger partial charge in [0.25, 0.3) is 0 Å². The summed E-state index contributed by atoms with van der Waals surface area (Å²) in [6.45, 7) is 8.96. The molecule has 0 amide bonds. The number of imidazole rings is 1. The Balaban J connectivity index is 1.98. The van der Waals surface area contributed by atoms with Crippen molar-refractivity contribution < 1.29 is 4.74 Å². The van der Waals surface area contributed by atoms with E-state index in [9.17, 15) is 0 Å². The van der Waals surface area contributed by atoms with E-state index in [1.54, 1.807) is 0 Å². The number of nitrogens with two attached hydrogens (primary N) is 1. The predicted molar refractivity (Wildman–Crippen MR) is 66.8 cm³/mol. The van der Waals surface area contributed by atoms with Crippen molar-refractivity contribution in [2.45, 2.75) is 25.9 Å². The fourth-order valence-electron chi connectivity index (χ4n) is 2.28. The fraction of sp³-hybridized carbons (Fsp3) is 0.750. The number of rotatable bonds is 4. The number of morpholine rings is 1. The van der Waals surface area contributed by atoms with Crippen molar-refractivity contribution in [2.24, 2.45) is 5.73 Å². The molecule has 5 nitrogen and oxygen atoms in total. The fourth-order valence-corrected chi connectivity index (χ4v) is 2.28. The molecule has 2 unspecified atom stereocenters. The van der Waals surface area contributed by atoms with Crippen LogP contribution in [-0.4, -0.2) is 47.3 Å². The van der Waals surface area contributed by atoms with Crippen LogP contribution < -0.4 is 5.73 Å². The van der Waals surface area contributed by atoms with Gasteiger partial charge in [-0.2, -0.15) is 0 Å². The largest absolute Gasteiger partial charge is 0.379 e. The Hall–Kier alpha value is -0.910. The minimum absolute atomic E-state index is 0.0321. The van der Waals surface area contributed by atoms with Crippen molar-refractivity contribution in [3.63, 3.8) is 0 Å². The molecule has 2 rings (SSSR count). The van der Waals surface area contributed by atoms with Gasteiger partial charge in [-0.3, -0.25) is 4.90 Å². The number of hydrogen-bond donors (Lipinski definition) is 1. The van der Waals surface area contributed by atoms with E-state index in [1.807, 2.05) is 19.4 Å². The normalized spacial score (nSPS) is 21.4. The van der Waals surface area contributed by atoms with Crippen molar-refractivity contribution in [1.82, 2.24) is 14.5 Å². The number of ether oxygens (including phenoxy) is 1. The molecule has 1 saturated heterocycles. The quantitative estimate of drug-likeness (QED) is 0.843. The Morgan fingerprint density at radius 2 is 2.12 bits per heavy atom. The molecule has 0 aromatic carbocycles. The first-order valence-electron chi connectivity index (χ1n) is 6.26. The van der Waals surface area contributed by atoms with Crippen LogP contribution in [0.3, 0.4) is 0 Å². The second-order valence-corrected chi connectivity index (χ2v) is 4.78. The highest BCUT2D eigenvalue weighted by Crippen LogP contribution is 2.16. The van der Waals surface area contributed by atoms with Crippen LogP contribution in [-0.2, 0) is 4.74 Å². The summed E-state index contributed by atoms with van der Waals surface area (Å²) in [5, 5.41) is 0. The van der Waals surface area contributed by atoms with Gasteiger partial charge in [0.2, 0.25) is 0 Å². The van der Waals surface area contributed by atoms with E-state index < -0.39 is 0 Å². The molecule has 1 aromatic rings. The Kier molecular flexibility index (Phi) is 4.15. The van der Waals surface area contributed by atoms with Gasteiger partial charge in [0.1, 0.15) is 0 Å². The first kappa shape index (κ1) is 12.5. The van der Waals surface area contributed by atoms with E-state index >= 15 is 0 Å². The van der Waals surface area contributed by atoms with Gasteiger partial charge in [0, 0.05) is 37.9 Å². The van der Waals surface area contributed by atoms with Gasteiger partial charge in [-0.25, -0.2) is 4.98 Å². The third-order valence-electron chi connectivity index (χ3n) is 3.26. The van der Waals surface area contributed by atoms with Gasteiger partial charge in [-0.05, 0) is 13.8 Å². The van der Waals surface area contributed by atoms with Crippen molar-refractivity contribution in [1.29, 1.82) is 0 Å². The maximum atomic E-state index is 5.94. The van der Waals surface area contributed by atoms with Crippen LogP contribution in [0.4, 0.5) is 0 Å². The molecule has 1 fully saturated rings. The summed E-state index contributed by atoms with van der Waals surface area (Å²) in [6.07, 6.45) is 3.74. The number of nitrogens with zero attached hydrogens (tertiary/aromatic N) is 3. The highest BCUT2D eigenvalue weighted by atomic mass is 16.5. The monoisotopic (exact) mass is 238 g/mol. The highest BCUT2D eigenvalue weighted by Gasteiger charge is 2.17. The highest BCUT2D eigenvalue weighted by molar-refractivity contribution is 5.04. The Bertz CT molecular complexity index is 344. The SMILES string of the molecule is CC(N)c1cncn1C(C)CN1CCOCC1. The molecular weight excluding hydrogens is 216 g/mol. The Morgan fingerprint density at radius 1 is 1.41 bits per heavy atom. The molecule has 0 aliphatic carbocycles. The van der Waals surface area contributed by atoms with Gasteiger partial charge >= 0.3 is 0 Å². The van der Waals surface area contributed by atoms with Crippen molar-refractivity contribution >= 4 is 0 Å². The van der Waals surface area contributed by atoms with E-state index in [1.165, 1.54) is 0 Å². The molecule has 96 valence electrons. The standard InChI is InChI=1S/C12H22N4O/c1-10(8-15-3-5-17-6-4-15)16-9-14-7-12(16)11(2)13/h7,9-11H,3-6,8,13H2,1-2H3. The molecule has 0 saturated carbocycles. The van der Waals surface area contributed by atoms with Gasteiger partial charge < -0.3 is 15.0 Å². The molecule has 0 radical (unpaired) electrons. The van der Waals surface area contributed by atoms with Crippen LogP contribution in [0.5, 0.6) is 0 Å². The van der Waals surface area contributed by atoms with Crippen LogP contribution in [0.1, 0.15) is 31.6 Å². The summed E-state index contributed by atoms with van der Waals surface area (Å²) in [7, 11) is 0.